The van der Waals surface area contributed by atoms with Crippen molar-refractivity contribution in [2.75, 3.05) is 28.2 Å². The minimum absolute atomic E-state index is 0.274. The highest BCUT2D eigenvalue weighted by molar-refractivity contribution is 5.12. The third kappa shape index (κ3) is 5.55. The molecule has 5 saturated heterocycles. The van der Waals surface area contributed by atoms with Gasteiger partial charge in [-0.2, -0.15) is 0 Å². The summed E-state index contributed by atoms with van der Waals surface area (Å²) >= 11 is 0. The molecule has 48 heavy (non-hydrogen) atoms. The van der Waals surface area contributed by atoms with Gasteiger partial charge in [-0.15, -0.1) is 0 Å². The molecule has 12 unspecified atom stereocenters. The molecule has 8 bridgehead atoms. The molecule has 4 saturated carbocycles. The van der Waals surface area contributed by atoms with Gasteiger partial charge >= 0.3 is 0 Å². The van der Waals surface area contributed by atoms with Crippen LogP contribution in [0.25, 0.3) is 0 Å². The molecule has 9 fully saturated rings. The van der Waals surface area contributed by atoms with E-state index in [2.05, 4.69) is 92.0 Å². The third-order valence-corrected chi connectivity index (χ3v) is 15.7. The van der Waals surface area contributed by atoms with Gasteiger partial charge in [0.25, 0.3) is 0 Å². The van der Waals surface area contributed by atoms with Crippen LogP contribution < -0.4 is 63.8 Å². The highest BCUT2D eigenvalue weighted by Crippen LogP contribution is 2.46. The van der Waals surface area contributed by atoms with Gasteiger partial charge in [-0.05, 0) is 103 Å². The minimum atomic E-state index is 0.274. The second-order valence-electron chi connectivity index (χ2n) is 17.4. The molecular formula is C36H68N12. The smallest absolute Gasteiger partial charge is 0.0643 e. The van der Waals surface area contributed by atoms with Gasteiger partial charge < -0.3 is 21.3 Å². The van der Waals surface area contributed by atoms with Crippen LogP contribution in [0.5, 0.6) is 0 Å². The largest absolute Gasteiger partial charge is 0.317 e. The Labute approximate surface area is 289 Å². The molecule has 12 heteroatoms. The molecule has 272 valence electrons. The van der Waals surface area contributed by atoms with E-state index in [0.717, 1.165) is 0 Å². The average molecular weight is 669 g/mol. The van der Waals surface area contributed by atoms with E-state index in [1.54, 1.807) is 0 Å². The summed E-state index contributed by atoms with van der Waals surface area (Å²) in [6.07, 6.45) is 17.7. The highest BCUT2D eigenvalue weighted by atomic mass is 15.4. The lowest BCUT2D eigenvalue weighted by atomic mass is 9.73. The summed E-state index contributed by atoms with van der Waals surface area (Å²) in [7, 11) is 8.78. The van der Waals surface area contributed by atoms with Gasteiger partial charge in [0.15, 0.2) is 0 Å². The van der Waals surface area contributed by atoms with Crippen LogP contribution in [0.2, 0.25) is 0 Å². The van der Waals surface area contributed by atoms with E-state index in [0.29, 0.717) is 96.2 Å². The normalized spacial score (nSPS) is 56.2. The molecule has 5 heterocycles. The van der Waals surface area contributed by atoms with Crippen LogP contribution in [-0.2, 0) is 0 Å². The lowest BCUT2D eigenvalue weighted by Crippen LogP contribution is -2.62. The Bertz CT molecular complexity index is 945. The molecular weight excluding hydrogens is 600 g/mol. The quantitative estimate of drug-likeness (QED) is 0.186. The predicted molar refractivity (Wildman–Crippen MR) is 190 cm³/mol. The fourth-order valence-electron chi connectivity index (χ4n) is 13.7. The van der Waals surface area contributed by atoms with E-state index in [1.165, 1.54) is 77.0 Å². The fraction of sp³-hybridized carbons (Fsp3) is 1.00. The summed E-state index contributed by atoms with van der Waals surface area (Å²) in [6.45, 7) is 0. The number of hydrogen-bond donors (Lipinski definition) is 12. The third-order valence-electron chi connectivity index (χ3n) is 15.7. The van der Waals surface area contributed by atoms with E-state index in [9.17, 15) is 0 Å². The molecule has 5 aliphatic heterocycles. The van der Waals surface area contributed by atoms with E-state index >= 15 is 0 Å². The molecule has 0 aromatic heterocycles. The molecule has 12 atom stereocenters. The molecule has 4 aliphatic carbocycles. The van der Waals surface area contributed by atoms with Crippen LogP contribution in [0.3, 0.4) is 0 Å². The zero-order valence-electron chi connectivity index (χ0n) is 30.0. The van der Waals surface area contributed by atoms with Crippen LogP contribution in [0.4, 0.5) is 0 Å². The van der Waals surface area contributed by atoms with Crippen molar-refractivity contribution >= 4 is 0 Å². The molecule has 0 aromatic carbocycles. The molecule has 0 amide bonds. The van der Waals surface area contributed by atoms with Crippen molar-refractivity contribution in [2.45, 2.75) is 151 Å². The predicted octanol–water partition coefficient (Wildman–Crippen LogP) is -0.603. The van der Waals surface area contributed by atoms with Crippen molar-refractivity contribution in [1.82, 2.24) is 63.8 Å². The van der Waals surface area contributed by atoms with Gasteiger partial charge in [0, 0.05) is 47.8 Å². The molecule has 9 rings (SSSR count). The Morgan fingerprint density at radius 3 is 0.688 bits per heavy atom. The first-order valence-corrected chi connectivity index (χ1v) is 20.4. The second kappa shape index (κ2) is 13.8. The highest BCUT2D eigenvalue weighted by Gasteiger charge is 2.57. The molecule has 12 N–H and O–H groups in total. The number of fused-ring (bicyclic) bond motifs is 20. The van der Waals surface area contributed by atoms with Gasteiger partial charge in [-0.25, -0.2) is 0 Å². The maximum Gasteiger partial charge on any atom is 0.0643 e. The van der Waals surface area contributed by atoms with Crippen molar-refractivity contribution in [3.05, 3.63) is 0 Å². The van der Waals surface area contributed by atoms with Crippen LogP contribution in [0, 0.1) is 47.3 Å². The van der Waals surface area contributed by atoms with Crippen LogP contribution in [0.15, 0.2) is 0 Å². The molecule has 9 aliphatic rings. The molecule has 0 radical (unpaired) electrons. The van der Waals surface area contributed by atoms with Crippen molar-refractivity contribution in [3.8, 4) is 0 Å². The van der Waals surface area contributed by atoms with Gasteiger partial charge in [-0.1, -0.05) is 25.7 Å². The second-order valence-corrected chi connectivity index (χ2v) is 17.4. The zero-order valence-corrected chi connectivity index (χ0v) is 30.0. The van der Waals surface area contributed by atoms with Crippen LogP contribution in [-0.4, -0.2) is 102 Å². The zero-order chi connectivity index (χ0) is 32.5. The van der Waals surface area contributed by atoms with E-state index < -0.39 is 0 Å². The molecule has 12 nitrogen and oxygen atoms in total. The first kappa shape index (κ1) is 33.4. The first-order valence-electron chi connectivity index (χ1n) is 20.4. The average Bonchev–Trinajstić information content (AvgIpc) is 3.86. The topological polar surface area (TPSA) is 144 Å². The minimum Gasteiger partial charge on any atom is -0.317 e. The summed E-state index contributed by atoms with van der Waals surface area (Å²) in [5, 5.41) is 49.4. The standard InChI is InChI=1S/C36H68N12/c1-37-21-13-5-9-17-25(21)33-41-29(17)46-34-27-19(11-7-15-23(27)39-3)31(43-34)48-36-28-20(12-8-16-24(28)40-4)32(44-36)47-35-26-18(30(42-35)45-33)10-6-14-22(26)38-2/h17-48H,5-16H2,1-4H3. The van der Waals surface area contributed by atoms with Gasteiger partial charge in [0.2, 0.25) is 0 Å². The summed E-state index contributed by atoms with van der Waals surface area (Å²) in [4.78, 5) is 0. The number of rotatable bonds is 4. The summed E-state index contributed by atoms with van der Waals surface area (Å²) in [5.74, 6) is 4.66. The van der Waals surface area contributed by atoms with Crippen LogP contribution in [0.1, 0.15) is 77.0 Å². The fourth-order valence-corrected chi connectivity index (χ4v) is 13.7. The van der Waals surface area contributed by atoms with E-state index in [1.807, 2.05) is 0 Å². The van der Waals surface area contributed by atoms with Gasteiger partial charge in [0.1, 0.15) is 0 Å². The van der Waals surface area contributed by atoms with E-state index in [4.69, 9.17) is 0 Å². The lowest BCUT2D eigenvalue weighted by Gasteiger charge is -2.41. The number of nitrogens with one attached hydrogen (secondary N) is 12. The van der Waals surface area contributed by atoms with Crippen molar-refractivity contribution in [2.24, 2.45) is 47.3 Å². The Kier molecular flexibility index (Phi) is 9.60. The van der Waals surface area contributed by atoms with Gasteiger partial charge in [-0.3, -0.25) is 42.5 Å². The maximum absolute atomic E-state index is 4.32. The Hall–Kier alpha value is -0.480. The van der Waals surface area contributed by atoms with Gasteiger partial charge in [0.05, 0.1) is 49.3 Å². The number of hydrogen-bond acceptors (Lipinski definition) is 12. The summed E-state index contributed by atoms with van der Waals surface area (Å²) < 4.78 is 0. The van der Waals surface area contributed by atoms with Crippen molar-refractivity contribution < 1.29 is 0 Å². The maximum atomic E-state index is 4.32. The SMILES string of the molecule is CNC1CCCC2C3NC(NC4NC(NC5NC(NC6NC(N3)C3C(NC)CCCC63)C3C(NC)CCCC53)C3C(NC)CCCC43)C12. The Morgan fingerprint density at radius 2 is 0.500 bits per heavy atom. The lowest BCUT2D eigenvalue weighted by molar-refractivity contribution is 0.127. The van der Waals surface area contributed by atoms with E-state index in [-0.39, 0.29) is 24.7 Å². The Morgan fingerprint density at radius 1 is 0.292 bits per heavy atom. The van der Waals surface area contributed by atoms with Crippen molar-refractivity contribution in [3.63, 3.8) is 0 Å². The molecule has 0 spiro atoms. The first-order chi connectivity index (χ1) is 23.6. The summed E-state index contributed by atoms with van der Waals surface area (Å²) in [5.41, 5.74) is 0. The monoisotopic (exact) mass is 669 g/mol. The van der Waals surface area contributed by atoms with Crippen molar-refractivity contribution in [1.29, 1.82) is 0 Å². The Balaban J connectivity index is 1.09. The van der Waals surface area contributed by atoms with Crippen LogP contribution >= 0.6 is 0 Å². The molecule has 0 aromatic rings. The summed E-state index contributed by atoms with van der Waals surface area (Å²) in [6, 6.07) is 2.14.